The molecule has 4 unspecified atom stereocenters. The maximum absolute atomic E-state index is 7.01. The Balaban J connectivity index is 2.95. The highest BCUT2D eigenvalue weighted by Crippen LogP contribution is 2.42. The van der Waals surface area contributed by atoms with Gasteiger partial charge in [-0.15, -0.1) is 0 Å². The van der Waals surface area contributed by atoms with Crippen LogP contribution in [0.4, 0.5) is 0 Å². The van der Waals surface area contributed by atoms with Gasteiger partial charge in [0.2, 0.25) is 0 Å². The van der Waals surface area contributed by atoms with E-state index in [0.717, 1.165) is 0 Å². The fourth-order valence-electron chi connectivity index (χ4n) is 6.58. The summed E-state index contributed by atoms with van der Waals surface area (Å²) in [6.07, 6.45) is 0. The van der Waals surface area contributed by atoms with Gasteiger partial charge in [0.1, 0.15) is 0 Å². The molecular formula is C26H70O19Si10. The van der Waals surface area contributed by atoms with Crippen molar-refractivity contribution in [1.82, 2.24) is 0 Å². The Labute approximate surface area is 341 Å². The summed E-state index contributed by atoms with van der Waals surface area (Å²) in [6, 6.07) is 0. The molecule has 328 valence electrons. The monoisotopic (exact) mass is 966 g/mol. The first-order valence-electron chi connectivity index (χ1n) is 19.1. The summed E-state index contributed by atoms with van der Waals surface area (Å²) in [6.45, 7) is 34.6. The lowest BCUT2D eigenvalue weighted by Crippen LogP contribution is -2.79. The Bertz CT molecular complexity index is 1000. The van der Waals surface area contributed by atoms with Crippen LogP contribution in [-0.2, 0) is 80.7 Å². The smallest absolute Gasteiger partial charge is 0.374 e. The van der Waals surface area contributed by atoms with Crippen LogP contribution >= 0.6 is 0 Å². The molecule has 0 aromatic rings. The maximum Gasteiger partial charge on any atom is 0.490 e. The summed E-state index contributed by atoms with van der Waals surface area (Å²) < 4.78 is 125. The van der Waals surface area contributed by atoms with Gasteiger partial charge in [-0.1, -0.05) is 0 Å². The number of hydrogen-bond acceptors (Lipinski definition) is 19. The van der Waals surface area contributed by atoms with Crippen molar-refractivity contribution in [2.24, 2.45) is 0 Å². The summed E-state index contributed by atoms with van der Waals surface area (Å²) >= 11 is 0. The second-order valence-electron chi connectivity index (χ2n) is 13.2. The maximum atomic E-state index is 7.01. The SMILES string of the molecule is CCO[Si](C)(OCC)O[Si]1(C)O[Si](C)(O[Si](C)(OCC)OCC)O[Si]2(C)O[Si](C)(O[Si](C)(OCC)OCC)O[Si](C)(O[Si](C)(OCC)OCC)O[Si](C)(O1)O2. The van der Waals surface area contributed by atoms with E-state index in [0.29, 0.717) is 52.9 Å². The van der Waals surface area contributed by atoms with Crippen LogP contribution in [0.2, 0.25) is 65.5 Å². The van der Waals surface area contributed by atoms with Crippen molar-refractivity contribution in [2.75, 3.05) is 52.9 Å². The Morgan fingerprint density at radius 2 is 0.455 bits per heavy atom. The van der Waals surface area contributed by atoms with Gasteiger partial charge in [0.15, 0.2) is 0 Å². The number of rotatable bonds is 24. The average Bonchev–Trinajstić information content (AvgIpc) is 2.94. The van der Waals surface area contributed by atoms with Crippen LogP contribution < -0.4 is 0 Å². The van der Waals surface area contributed by atoms with Gasteiger partial charge in [0.25, 0.3) is 0 Å². The summed E-state index contributed by atoms with van der Waals surface area (Å²) in [5.41, 5.74) is 0. The fourth-order valence-corrected chi connectivity index (χ4v) is 52.4. The molecule has 19 nitrogen and oxygen atoms in total. The van der Waals surface area contributed by atoms with Gasteiger partial charge in [-0.3, -0.25) is 0 Å². The lowest BCUT2D eigenvalue weighted by Gasteiger charge is -2.53. The Hall–Kier alpha value is 1.41. The van der Waals surface area contributed by atoms with E-state index in [1.807, 2.05) is 55.4 Å². The van der Waals surface area contributed by atoms with Crippen molar-refractivity contribution in [3.8, 4) is 0 Å². The average molecular weight is 968 g/mol. The molecule has 0 spiro atoms. The Morgan fingerprint density at radius 3 is 0.600 bits per heavy atom. The standard InChI is InChI=1S/C26H70O19Si10/c1-19-27-46(9,28-20-2)35-50(13)39-51(14,36-47(10,29-21-3)30-22-4)42-55(18)44-53(16,38-49(12,33-25-7)34-26-8)40-52(15,43-54(17,41-50)45-55)37-48(11,31-23-5)32-24-6/h19-26H2,1-18H3. The van der Waals surface area contributed by atoms with E-state index in [2.05, 4.69) is 0 Å². The van der Waals surface area contributed by atoms with Gasteiger partial charge < -0.3 is 80.7 Å². The van der Waals surface area contributed by atoms with E-state index in [-0.39, 0.29) is 0 Å². The van der Waals surface area contributed by atoms with Crippen LogP contribution in [0.5, 0.6) is 0 Å². The molecule has 2 aliphatic rings. The summed E-state index contributed by atoms with van der Waals surface area (Å²) in [5, 5.41) is 0. The minimum Gasteiger partial charge on any atom is -0.374 e. The molecule has 2 aliphatic heterocycles. The van der Waals surface area contributed by atoms with Crippen molar-refractivity contribution in [3.05, 3.63) is 0 Å². The molecule has 55 heavy (non-hydrogen) atoms. The third-order valence-corrected chi connectivity index (χ3v) is 46.5. The molecular weight excluding hydrogens is 897 g/mol. The lowest BCUT2D eigenvalue weighted by molar-refractivity contribution is 0.0156. The number of fused-ring (bicyclic) bond motifs is 2. The first kappa shape index (κ1) is 52.5. The normalized spacial score (nSPS) is 32.8. The Kier molecular flexibility index (Phi) is 20.0. The van der Waals surface area contributed by atoms with Crippen molar-refractivity contribution in [2.45, 2.75) is 121 Å². The van der Waals surface area contributed by atoms with E-state index in [4.69, 9.17) is 80.7 Å². The minimum atomic E-state index is -4.10. The van der Waals surface area contributed by atoms with E-state index in [9.17, 15) is 0 Å². The molecule has 2 rings (SSSR count). The zero-order chi connectivity index (χ0) is 42.1. The zero-order valence-electron chi connectivity index (χ0n) is 36.4. The predicted molar refractivity (Wildman–Crippen MR) is 221 cm³/mol. The van der Waals surface area contributed by atoms with Crippen LogP contribution in [0.15, 0.2) is 0 Å². The van der Waals surface area contributed by atoms with Crippen LogP contribution in [0.25, 0.3) is 0 Å². The second-order valence-corrected chi connectivity index (χ2v) is 41.7. The molecule has 0 aliphatic carbocycles. The van der Waals surface area contributed by atoms with E-state index < -0.39 is 88.0 Å². The molecule has 0 aromatic heterocycles. The topological polar surface area (TPSA) is 175 Å². The zero-order valence-corrected chi connectivity index (χ0v) is 46.4. The summed E-state index contributed by atoms with van der Waals surface area (Å²) in [4.78, 5) is 0. The molecule has 0 aromatic carbocycles. The van der Waals surface area contributed by atoms with E-state index in [1.165, 1.54) is 0 Å². The molecule has 2 heterocycles. The van der Waals surface area contributed by atoms with Crippen molar-refractivity contribution >= 4 is 88.0 Å². The van der Waals surface area contributed by atoms with Crippen LogP contribution in [0.3, 0.4) is 0 Å². The molecule has 0 N–H and O–H groups in total. The van der Waals surface area contributed by atoms with Gasteiger partial charge in [0.05, 0.1) is 0 Å². The molecule has 2 bridgehead atoms. The van der Waals surface area contributed by atoms with E-state index >= 15 is 0 Å². The second kappa shape index (κ2) is 21.0. The highest BCUT2D eigenvalue weighted by atomic mass is 28.6. The first-order chi connectivity index (χ1) is 25.3. The summed E-state index contributed by atoms with van der Waals surface area (Å²) in [5.74, 6) is 0. The van der Waals surface area contributed by atoms with Crippen molar-refractivity contribution in [3.63, 3.8) is 0 Å². The Morgan fingerprint density at radius 1 is 0.291 bits per heavy atom. The first-order valence-corrected chi connectivity index (χ1v) is 41.3. The molecule has 4 atom stereocenters. The van der Waals surface area contributed by atoms with Crippen LogP contribution in [0.1, 0.15) is 55.4 Å². The molecule has 0 radical (unpaired) electrons. The molecule has 2 saturated heterocycles. The molecule has 2 fully saturated rings. The van der Waals surface area contributed by atoms with Crippen molar-refractivity contribution < 1.29 is 80.7 Å². The largest absolute Gasteiger partial charge is 0.490 e. The molecule has 0 amide bonds. The fraction of sp³-hybridized carbons (Fsp3) is 1.00. The minimum absolute atomic E-state index is 0.314. The van der Waals surface area contributed by atoms with Gasteiger partial charge in [-0.25, -0.2) is 0 Å². The quantitative estimate of drug-likeness (QED) is 0.116. The van der Waals surface area contributed by atoms with E-state index in [1.54, 1.807) is 65.5 Å². The molecule has 29 heteroatoms. The lowest BCUT2D eigenvalue weighted by atomic mass is 10.9. The molecule has 0 saturated carbocycles. The van der Waals surface area contributed by atoms with Gasteiger partial charge in [-0.05, 0) is 55.4 Å². The highest BCUT2D eigenvalue weighted by molar-refractivity contribution is 6.97. The van der Waals surface area contributed by atoms with Gasteiger partial charge in [-0.2, -0.15) is 0 Å². The van der Waals surface area contributed by atoms with Crippen LogP contribution in [-0.4, -0.2) is 141 Å². The predicted octanol–water partition coefficient (Wildman–Crippen LogP) is 5.18. The highest BCUT2D eigenvalue weighted by Gasteiger charge is 2.72. The summed E-state index contributed by atoms with van der Waals surface area (Å²) in [7, 11) is -38.2. The third-order valence-electron chi connectivity index (χ3n) is 7.33. The van der Waals surface area contributed by atoms with Crippen LogP contribution in [0, 0.1) is 0 Å². The third kappa shape index (κ3) is 16.0. The van der Waals surface area contributed by atoms with Crippen molar-refractivity contribution in [1.29, 1.82) is 0 Å². The van der Waals surface area contributed by atoms with Gasteiger partial charge in [0, 0.05) is 118 Å². The number of hydrogen-bond donors (Lipinski definition) is 0. The van der Waals surface area contributed by atoms with Gasteiger partial charge >= 0.3 is 88.0 Å².